The molecular weight excluding hydrogens is 562 g/mol. The quantitative estimate of drug-likeness (QED) is 0.188. The zero-order chi connectivity index (χ0) is 30.5. The van der Waals surface area contributed by atoms with E-state index in [1.165, 1.54) is 56.1 Å². The van der Waals surface area contributed by atoms with Crippen LogP contribution in [0.15, 0.2) is 152 Å². The highest BCUT2D eigenvalue weighted by Crippen LogP contribution is 2.39. The summed E-state index contributed by atoms with van der Waals surface area (Å²) in [6.07, 6.45) is 3.01. The molecule has 0 aliphatic carbocycles. The molecule has 5 nitrogen and oxygen atoms in total. The number of rotatable bonds is 5. The van der Waals surface area contributed by atoms with Crippen molar-refractivity contribution in [2.45, 2.75) is 0 Å². The fraction of sp³-hybridized carbons (Fsp3) is 0. The summed E-state index contributed by atoms with van der Waals surface area (Å²) in [7, 11) is 0. The van der Waals surface area contributed by atoms with Gasteiger partial charge in [0.1, 0.15) is 12.7 Å². The summed E-state index contributed by atoms with van der Waals surface area (Å²) in [4.78, 5) is 22.5. The van der Waals surface area contributed by atoms with E-state index in [-0.39, 0.29) is 0 Å². The van der Waals surface area contributed by atoms with Crippen molar-refractivity contribution in [2.75, 3.05) is 0 Å². The molecule has 9 aromatic rings. The molecule has 0 aliphatic heterocycles. The van der Waals surface area contributed by atoms with Crippen LogP contribution in [0.25, 0.3) is 88.7 Å². The van der Waals surface area contributed by atoms with E-state index in [1.807, 2.05) is 42.5 Å². The van der Waals surface area contributed by atoms with E-state index in [4.69, 9.17) is 9.97 Å². The van der Waals surface area contributed by atoms with Crippen LogP contribution in [0.2, 0.25) is 0 Å². The molecule has 0 N–H and O–H groups in total. The van der Waals surface area contributed by atoms with E-state index in [0.29, 0.717) is 11.6 Å². The van der Waals surface area contributed by atoms with E-state index in [9.17, 15) is 0 Å². The van der Waals surface area contributed by atoms with Gasteiger partial charge in [-0.15, -0.1) is 0 Å². The van der Waals surface area contributed by atoms with Crippen LogP contribution in [0.1, 0.15) is 0 Å². The van der Waals surface area contributed by atoms with Gasteiger partial charge in [0, 0.05) is 22.3 Å². The van der Waals surface area contributed by atoms with Crippen LogP contribution in [-0.2, 0) is 0 Å². The summed E-state index contributed by atoms with van der Waals surface area (Å²) in [5.41, 5.74) is 8.04. The molecule has 2 heterocycles. The van der Waals surface area contributed by atoms with Crippen LogP contribution in [0.4, 0.5) is 0 Å². The Balaban J connectivity index is 1.13. The predicted molar refractivity (Wildman–Crippen MR) is 186 cm³/mol. The minimum absolute atomic E-state index is 0.631. The molecule has 46 heavy (non-hydrogen) atoms. The van der Waals surface area contributed by atoms with Gasteiger partial charge in [-0.25, -0.2) is 24.9 Å². The van der Waals surface area contributed by atoms with Gasteiger partial charge in [0.05, 0.1) is 11.4 Å². The summed E-state index contributed by atoms with van der Waals surface area (Å²) in [6, 6.07) is 49.1. The molecule has 0 amide bonds. The van der Waals surface area contributed by atoms with Crippen LogP contribution in [-0.4, -0.2) is 24.9 Å². The number of aromatic nitrogens is 5. The lowest BCUT2D eigenvalue weighted by Crippen LogP contribution is -1.96. The molecule has 0 fully saturated rings. The van der Waals surface area contributed by atoms with Crippen LogP contribution >= 0.6 is 0 Å². The first-order valence-corrected chi connectivity index (χ1v) is 15.2. The van der Waals surface area contributed by atoms with Crippen LogP contribution in [0.5, 0.6) is 0 Å². The molecule has 0 spiro atoms. The Hall–Kier alpha value is -6.33. The summed E-state index contributed by atoms with van der Waals surface area (Å²) in [5, 5.41) is 7.74. The highest BCUT2D eigenvalue weighted by Gasteiger charge is 2.14. The summed E-state index contributed by atoms with van der Waals surface area (Å²) in [6.45, 7) is 0. The van der Waals surface area contributed by atoms with Crippen molar-refractivity contribution in [3.05, 3.63) is 152 Å². The Labute approximate surface area is 265 Å². The first kappa shape index (κ1) is 26.1. The van der Waals surface area contributed by atoms with Crippen LogP contribution in [0.3, 0.4) is 0 Å². The van der Waals surface area contributed by atoms with Gasteiger partial charge in [-0.3, -0.25) is 0 Å². The van der Waals surface area contributed by atoms with Gasteiger partial charge in [-0.1, -0.05) is 133 Å². The monoisotopic (exact) mass is 587 g/mol. The van der Waals surface area contributed by atoms with E-state index in [2.05, 4.69) is 112 Å². The first-order valence-electron chi connectivity index (χ1n) is 15.2. The molecule has 0 radical (unpaired) electrons. The van der Waals surface area contributed by atoms with Crippen molar-refractivity contribution in [1.29, 1.82) is 0 Å². The summed E-state index contributed by atoms with van der Waals surface area (Å²) < 4.78 is 0. The topological polar surface area (TPSA) is 64.5 Å². The van der Waals surface area contributed by atoms with E-state index >= 15 is 0 Å². The van der Waals surface area contributed by atoms with E-state index in [1.54, 1.807) is 0 Å². The highest BCUT2D eigenvalue weighted by molar-refractivity contribution is 6.25. The lowest BCUT2D eigenvalue weighted by molar-refractivity contribution is 1.06. The van der Waals surface area contributed by atoms with Gasteiger partial charge < -0.3 is 0 Å². The van der Waals surface area contributed by atoms with Crippen molar-refractivity contribution in [3.63, 3.8) is 0 Å². The second-order valence-corrected chi connectivity index (χ2v) is 11.4. The fourth-order valence-electron chi connectivity index (χ4n) is 6.45. The number of hydrogen-bond donors (Lipinski definition) is 0. The minimum Gasteiger partial charge on any atom is -0.228 e. The first-order chi connectivity index (χ1) is 22.8. The van der Waals surface area contributed by atoms with E-state index < -0.39 is 0 Å². The lowest BCUT2D eigenvalue weighted by Gasteiger charge is -2.14. The lowest BCUT2D eigenvalue weighted by atomic mass is 9.89. The van der Waals surface area contributed by atoms with Crippen molar-refractivity contribution < 1.29 is 0 Å². The van der Waals surface area contributed by atoms with Crippen molar-refractivity contribution >= 4 is 32.3 Å². The maximum Gasteiger partial charge on any atom is 0.162 e. The Bertz CT molecular complexity index is 2480. The Kier molecular flexibility index (Phi) is 6.06. The van der Waals surface area contributed by atoms with E-state index in [0.717, 1.165) is 33.6 Å². The summed E-state index contributed by atoms with van der Waals surface area (Å²) in [5.74, 6) is 1.29. The zero-order valence-corrected chi connectivity index (χ0v) is 24.7. The van der Waals surface area contributed by atoms with Gasteiger partial charge in [0.25, 0.3) is 0 Å². The maximum atomic E-state index is 5.06. The third kappa shape index (κ3) is 4.45. The molecule has 214 valence electrons. The van der Waals surface area contributed by atoms with Crippen LogP contribution in [0, 0.1) is 0 Å². The third-order valence-corrected chi connectivity index (χ3v) is 8.71. The Morgan fingerprint density at radius 2 is 0.913 bits per heavy atom. The van der Waals surface area contributed by atoms with Crippen LogP contribution < -0.4 is 0 Å². The van der Waals surface area contributed by atoms with Crippen molar-refractivity contribution in [3.8, 4) is 56.4 Å². The normalized spacial score (nSPS) is 11.5. The smallest absolute Gasteiger partial charge is 0.162 e. The molecular formula is C41H25N5. The van der Waals surface area contributed by atoms with Gasteiger partial charge in [-0.05, 0) is 49.5 Å². The Morgan fingerprint density at radius 1 is 0.370 bits per heavy atom. The van der Waals surface area contributed by atoms with Gasteiger partial charge in [-0.2, -0.15) is 0 Å². The summed E-state index contributed by atoms with van der Waals surface area (Å²) >= 11 is 0. The molecule has 5 heteroatoms. The average Bonchev–Trinajstić information content (AvgIpc) is 3.14. The van der Waals surface area contributed by atoms with Crippen molar-refractivity contribution in [2.24, 2.45) is 0 Å². The number of hydrogen-bond acceptors (Lipinski definition) is 5. The van der Waals surface area contributed by atoms with Gasteiger partial charge >= 0.3 is 0 Å². The second-order valence-electron chi connectivity index (χ2n) is 11.4. The highest BCUT2D eigenvalue weighted by atomic mass is 15.0. The minimum atomic E-state index is 0.631. The van der Waals surface area contributed by atoms with Gasteiger partial charge in [0.15, 0.2) is 11.6 Å². The molecule has 0 saturated heterocycles. The fourth-order valence-corrected chi connectivity index (χ4v) is 6.45. The molecule has 0 saturated carbocycles. The van der Waals surface area contributed by atoms with Gasteiger partial charge in [0.2, 0.25) is 0 Å². The molecule has 0 aliphatic rings. The second kappa shape index (κ2) is 10.7. The zero-order valence-electron chi connectivity index (χ0n) is 24.7. The maximum absolute atomic E-state index is 5.06. The van der Waals surface area contributed by atoms with Crippen molar-refractivity contribution in [1.82, 2.24) is 24.9 Å². The molecule has 0 bridgehead atoms. The predicted octanol–water partition coefficient (Wildman–Crippen LogP) is 9.89. The Morgan fingerprint density at radius 3 is 1.61 bits per heavy atom. The SMILES string of the molecule is c1ccc(-c2cc(-c3ccc(-c4ccc5ccc6cccc7ccc4c5c67)cc3)nc(-c3ccc(-c4ncncn4)cc3)n2)cc1. The number of benzene rings is 7. The molecule has 7 aromatic carbocycles. The average molecular weight is 588 g/mol. The standard InChI is InChI=1S/C41H25N5/c1-2-5-27(6-3-1)36-23-37(46-41(45-36)33-17-15-32(16-18-33)40-43-24-42-25-44-40)28-11-9-26(10-12-28)34-21-19-31-14-13-29-7-4-8-30-20-22-35(34)39(31)38(29)30/h1-25H. The molecule has 0 atom stereocenters. The number of nitrogens with zero attached hydrogens (tertiary/aromatic N) is 5. The molecule has 9 rings (SSSR count). The molecule has 2 aromatic heterocycles. The largest absolute Gasteiger partial charge is 0.228 e. The molecule has 0 unspecified atom stereocenters. The third-order valence-electron chi connectivity index (χ3n) is 8.71.